The highest BCUT2D eigenvalue weighted by Crippen LogP contribution is 2.46. The summed E-state index contributed by atoms with van der Waals surface area (Å²) in [4.78, 5) is 24.8. The Labute approximate surface area is 146 Å². The van der Waals surface area contributed by atoms with Gasteiger partial charge in [0.1, 0.15) is 16.9 Å². The van der Waals surface area contributed by atoms with Crippen LogP contribution in [0.1, 0.15) is 24.2 Å². The highest BCUT2D eigenvalue weighted by Gasteiger charge is 2.56. The number of benzene rings is 1. The molecule has 1 heterocycles. The van der Waals surface area contributed by atoms with Crippen molar-refractivity contribution in [2.45, 2.75) is 25.8 Å². The van der Waals surface area contributed by atoms with Crippen molar-refractivity contribution in [2.75, 3.05) is 13.7 Å². The van der Waals surface area contributed by atoms with Crippen LogP contribution >= 0.6 is 0 Å². The van der Waals surface area contributed by atoms with Crippen molar-refractivity contribution in [3.8, 4) is 5.75 Å². The molecule has 1 fully saturated rings. The van der Waals surface area contributed by atoms with Gasteiger partial charge in [0.25, 0.3) is 0 Å². The highest BCUT2D eigenvalue weighted by atomic mass is 16.5. The number of carbonyl (C=O) groups is 2. The monoisotopic (exact) mass is 342 g/mol. The zero-order valence-corrected chi connectivity index (χ0v) is 14.2. The zero-order valence-electron chi connectivity index (χ0n) is 14.2. The van der Waals surface area contributed by atoms with Crippen molar-refractivity contribution in [3.05, 3.63) is 54.0 Å². The van der Waals surface area contributed by atoms with Gasteiger partial charge in [-0.15, -0.1) is 0 Å². The Kier molecular flexibility index (Phi) is 5.07. The van der Waals surface area contributed by atoms with Crippen LogP contribution < -0.4 is 15.4 Å². The lowest BCUT2D eigenvalue weighted by Crippen LogP contribution is -2.43. The van der Waals surface area contributed by atoms with Gasteiger partial charge < -0.3 is 19.8 Å². The van der Waals surface area contributed by atoms with Gasteiger partial charge in [0.15, 0.2) is 0 Å². The van der Waals surface area contributed by atoms with Crippen molar-refractivity contribution in [2.24, 2.45) is 5.41 Å². The normalized spacial score (nSPS) is 14.6. The van der Waals surface area contributed by atoms with E-state index >= 15 is 0 Å². The Morgan fingerprint density at radius 1 is 1.16 bits per heavy atom. The third-order valence-corrected chi connectivity index (χ3v) is 4.46. The molecule has 0 saturated heterocycles. The van der Waals surface area contributed by atoms with Crippen molar-refractivity contribution < 1.29 is 18.7 Å². The number of furan rings is 1. The Morgan fingerprint density at radius 3 is 2.64 bits per heavy atom. The SMILES string of the molecule is COc1cccc(CCNC(=O)C2(C(=O)NCc3ccco3)CC2)c1. The number of carbonyl (C=O) groups excluding carboxylic acids is 2. The predicted octanol–water partition coefficient (Wildman–Crippen LogP) is 2.04. The molecule has 0 atom stereocenters. The van der Waals surface area contributed by atoms with Gasteiger partial charge in [-0.1, -0.05) is 12.1 Å². The van der Waals surface area contributed by atoms with Crippen LogP contribution in [0.15, 0.2) is 47.1 Å². The van der Waals surface area contributed by atoms with Crippen LogP contribution in [0.4, 0.5) is 0 Å². The minimum atomic E-state index is -0.916. The molecule has 6 nitrogen and oxygen atoms in total. The van der Waals surface area contributed by atoms with Crippen LogP contribution in [-0.2, 0) is 22.6 Å². The van der Waals surface area contributed by atoms with E-state index in [1.165, 1.54) is 0 Å². The molecule has 1 aliphatic rings. The summed E-state index contributed by atoms with van der Waals surface area (Å²) in [6.45, 7) is 0.782. The summed E-state index contributed by atoms with van der Waals surface area (Å²) in [5.74, 6) is 1.03. The molecule has 2 N–H and O–H groups in total. The van der Waals surface area contributed by atoms with Gasteiger partial charge in [-0.05, 0) is 49.1 Å². The van der Waals surface area contributed by atoms with Gasteiger partial charge in [0, 0.05) is 6.54 Å². The van der Waals surface area contributed by atoms with Gasteiger partial charge in [-0.3, -0.25) is 9.59 Å². The molecule has 2 aromatic rings. The van der Waals surface area contributed by atoms with E-state index in [1.807, 2.05) is 24.3 Å². The highest BCUT2D eigenvalue weighted by molar-refractivity contribution is 6.07. The lowest BCUT2D eigenvalue weighted by molar-refractivity contribution is -0.137. The molecular formula is C19H22N2O4. The number of nitrogens with one attached hydrogen (secondary N) is 2. The molecule has 0 radical (unpaired) electrons. The molecule has 3 rings (SSSR count). The van der Waals surface area contributed by atoms with Crippen LogP contribution in [-0.4, -0.2) is 25.5 Å². The first-order chi connectivity index (χ1) is 12.1. The second-order valence-electron chi connectivity index (χ2n) is 6.20. The van der Waals surface area contributed by atoms with Crippen molar-refractivity contribution >= 4 is 11.8 Å². The topological polar surface area (TPSA) is 80.6 Å². The molecular weight excluding hydrogens is 320 g/mol. The summed E-state index contributed by atoms with van der Waals surface area (Å²) in [5.41, 5.74) is 0.160. The van der Waals surface area contributed by atoms with Crippen LogP contribution in [0, 0.1) is 5.41 Å². The fraction of sp³-hybridized carbons (Fsp3) is 0.368. The van der Waals surface area contributed by atoms with E-state index in [2.05, 4.69) is 10.6 Å². The van der Waals surface area contributed by atoms with Gasteiger partial charge >= 0.3 is 0 Å². The summed E-state index contributed by atoms with van der Waals surface area (Å²) in [5, 5.41) is 5.66. The lowest BCUT2D eigenvalue weighted by atomic mass is 10.0. The number of methoxy groups -OCH3 is 1. The molecule has 0 spiro atoms. The lowest BCUT2D eigenvalue weighted by Gasteiger charge is -2.15. The maximum Gasteiger partial charge on any atom is 0.236 e. The average Bonchev–Trinajstić information content (AvgIpc) is 3.29. The number of hydrogen-bond donors (Lipinski definition) is 2. The van der Waals surface area contributed by atoms with Gasteiger partial charge in [-0.2, -0.15) is 0 Å². The molecule has 0 unspecified atom stereocenters. The average molecular weight is 342 g/mol. The molecule has 1 aromatic heterocycles. The number of amides is 2. The fourth-order valence-corrected chi connectivity index (χ4v) is 2.75. The standard InChI is InChI=1S/C19H22N2O4/c1-24-15-5-2-4-14(12-15)7-10-20-17(22)19(8-9-19)18(23)21-13-16-6-3-11-25-16/h2-6,11-12H,7-10,13H2,1H3,(H,20,22)(H,21,23). The molecule has 1 aliphatic carbocycles. The summed E-state index contributed by atoms with van der Waals surface area (Å²) >= 11 is 0. The van der Waals surface area contributed by atoms with Crippen LogP contribution in [0.3, 0.4) is 0 Å². The molecule has 132 valence electrons. The molecule has 1 aromatic carbocycles. The summed E-state index contributed by atoms with van der Waals surface area (Å²) < 4.78 is 10.4. The van der Waals surface area contributed by atoms with Crippen LogP contribution in [0.25, 0.3) is 0 Å². The molecule has 0 bridgehead atoms. The first-order valence-electron chi connectivity index (χ1n) is 8.36. The van der Waals surface area contributed by atoms with Gasteiger partial charge in [0.2, 0.25) is 11.8 Å². The smallest absolute Gasteiger partial charge is 0.236 e. The fourth-order valence-electron chi connectivity index (χ4n) is 2.75. The summed E-state index contributed by atoms with van der Waals surface area (Å²) in [6, 6.07) is 11.3. The second-order valence-corrected chi connectivity index (χ2v) is 6.20. The van der Waals surface area contributed by atoms with Gasteiger partial charge in [-0.25, -0.2) is 0 Å². The van der Waals surface area contributed by atoms with Crippen LogP contribution in [0.5, 0.6) is 5.75 Å². The van der Waals surface area contributed by atoms with E-state index in [0.717, 1.165) is 11.3 Å². The number of ether oxygens (including phenoxy) is 1. The Balaban J connectivity index is 1.47. The van der Waals surface area contributed by atoms with E-state index in [-0.39, 0.29) is 11.8 Å². The van der Waals surface area contributed by atoms with E-state index in [0.29, 0.717) is 38.1 Å². The molecule has 0 aliphatic heterocycles. The van der Waals surface area contributed by atoms with E-state index < -0.39 is 5.41 Å². The van der Waals surface area contributed by atoms with Crippen molar-refractivity contribution in [1.29, 1.82) is 0 Å². The van der Waals surface area contributed by atoms with Gasteiger partial charge in [0.05, 0.1) is 19.9 Å². The van der Waals surface area contributed by atoms with E-state index in [9.17, 15) is 9.59 Å². The maximum atomic E-state index is 12.4. The van der Waals surface area contributed by atoms with E-state index in [1.54, 1.807) is 25.5 Å². The first kappa shape index (κ1) is 17.1. The first-order valence-corrected chi connectivity index (χ1v) is 8.36. The summed E-state index contributed by atoms with van der Waals surface area (Å²) in [6.07, 6.45) is 3.41. The molecule has 6 heteroatoms. The van der Waals surface area contributed by atoms with E-state index in [4.69, 9.17) is 9.15 Å². The van der Waals surface area contributed by atoms with Crippen LogP contribution in [0.2, 0.25) is 0 Å². The summed E-state index contributed by atoms with van der Waals surface area (Å²) in [7, 11) is 1.62. The third kappa shape index (κ3) is 4.02. The zero-order chi connectivity index (χ0) is 17.7. The quantitative estimate of drug-likeness (QED) is 0.720. The Hall–Kier alpha value is -2.76. The minimum Gasteiger partial charge on any atom is -0.497 e. The Bertz CT molecular complexity index is 736. The number of rotatable bonds is 8. The third-order valence-electron chi connectivity index (χ3n) is 4.46. The minimum absolute atomic E-state index is 0.202. The number of hydrogen-bond acceptors (Lipinski definition) is 4. The largest absolute Gasteiger partial charge is 0.497 e. The maximum absolute atomic E-state index is 12.4. The molecule has 1 saturated carbocycles. The second kappa shape index (κ2) is 7.42. The molecule has 2 amide bonds. The molecule has 25 heavy (non-hydrogen) atoms. The van der Waals surface area contributed by atoms with Crippen molar-refractivity contribution in [1.82, 2.24) is 10.6 Å². The van der Waals surface area contributed by atoms with Crippen molar-refractivity contribution in [3.63, 3.8) is 0 Å². The Morgan fingerprint density at radius 2 is 1.96 bits per heavy atom. The predicted molar refractivity (Wildman–Crippen MR) is 91.9 cm³/mol.